The summed E-state index contributed by atoms with van der Waals surface area (Å²) in [6.45, 7) is 2.51. The van der Waals surface area contributed by atoms with Crippen molar-refractivity contribution in [3.63, 3.8) is 0 Å². The summed E-state index contributed by atoms with van der Waals surface area (Å²) < 4.78 is 25.0. The molecule has 0 fully saturated rings. The first-order chi connectivity index (χ1) is 7.06. The van der Waals surface area contributed by atoms with Crippen molar-refractivity contribution in [3.8, 4) is 0 Å². The van der Waals surface area contributed by atoms with Gasteiger partial charge >= 0.3 is 0 Å². The van der Waals surface area contributed by atoms with Crippen LogP contribution in [0.4, 0.5) is 0 Å². The van der Waals surface area contributed by atoms with Gasteiger partial charge in [-0.15, -0.1) is 0 Å². The predicted octanol–water partition coefficient (Wildman–Crippen LogP) is 0.0352. The topological polar surface area (TPSA) is 78.0 Å². The van der Waals surface area contributed by atoms with E-state index in [1.54, 1.807) is 19.4 Å². The van der Waals surface area contributed by atoms with Gasteiger partial charge < -0.3 is 10.3 Å². The minimum absolute atomic E-state index is 0.184. The molecular weight excluding hydrogens is 214 g/mol. The second-order valence-electron chi connectivity index (χ2n) is 3.57. The molecular formula is C9H17N3O2S. The Morgan fingerprint density at radius 1 is 1.53 bits per heavy atom. The zero-order valence-electron chi connectivity index (χ0n) is 8.83. The van der Waals surface area contributed by atoms with E-state index in [-0.39, 0.29) is 12.3 Å². The van der Waals surface area contributed by atoms with Crippen LogP contribution in [0.3, 0.4) is 0 Å². The quantitative estimate of drug-likeness (QED) is 0.749. The lowest BCUT2D eigenvalue weighted by Crippen LogP contribution is -2.29. The van der Waals surface area contributed by atoms with Gasteiger partial charge in [0, 0.05) is 25.5 Å². The van der Waals surface area contributed by atoms with Crippen molar-refractivity contribution in [1.82, 2.24) is 9.55 Å². The van der Waals surface area contributed by atoms with Gasteiger partial charge in [0.25, 0.3) is 0 Å². The van der Waals surface area contributed by atoms with Crippen LogP contribution in [0.5, 0.6) is 0 Å². The highest BCUT2D eigenvalue weighted by Gasteiger charge is 2.18. The Bertz CT molecular complexity index is 372. The molecule has 0 spiro atoms. The molecule has 0 radical (unpaired) electrons. The van der Waals surface area contributed by atoms with Crippen LogP contribution in [0.15, 0.2) is 18.7 Å². The van der Waals surface area contributed by atoms with E-state index in [9.17, 15) is 8.42 Å². The second-order valence-corrected chi connectivity index (χ2v) is 6.11. The van der Waals surface area contributed by atoms with Gasteiger partial charge in [-0.3, -0.25) is 0 Å². The number of nitrogens with two attached hydrogens (primary N) is 1. The maximum Gasteiger partial charge on any atom is 0.154 e. The summed E-state index contributed by atoms with van der Waals surface area (Å²) in [5, 5.41) is -0.444. The molecule has 0 bridgehead atoms. The van der Waals surface area contributed by atoms with Gasteiger partial charge in [0.1, 0.15) is 0 Å². The lowest BCUT2D eigenvalue weighted by atomic mass is 10.5. The molecule has 2 N–H and O–H groups in total. The van der Waals surface area contributed by atoms with E-state index in [1.807, 2.05) is 10.8 Å². The summed E-state index contributed by atoms with van der Waals surface area (Å²) in [6.07, 6.45) is 5.78. The van der Waals surface area contributed by atoms with E-state index in [1.165, 1.54) is 0 Å². The molecule has 1 aromatic heterocycles. The van der Waals surface area contributed by atoms with Crippen molar-refractivity contribution in [3.05, 3.63) is 18.7 Å². The summed E-state index contributed by atoms with van der Waals surface area (Å²) in [7, 11) is -3.02. The molecule has 1 rings (SSSR count). The lowest BCUT2D eigenvalue weighted by molar-refractivity contribution is 0.575. The molecule has 1 heterocycles. The predicted molar refractivity (Wildman–Crippen MR) is 59.1 cm³/mol. The lowest BCUT2D eigenvalue weighted by Gasteiger charge is -2.10. The fourth-order valence-electron chi connectivity index (χ4n) is 1.22. The molecule has 1 unspecified atom stereocenters. The Labute approximate surface area is 90.2 Å². The minimum atomic E-state index is -3.02. The Kier molecular flexibility index (Phi) is 4.28. The molecule has 5 nitrogen and oxygen atoms in total. The van der Waals surface area contributed by atoms with Crippen LogP contribution in [0.1, 0.15) is 13.3 Å². The SMILES string of the molecule is CC(CN)S(=O)(=O)CCCn1ccnc1. The molecule has 6 heteroatoms. The average Bonchev–Trinajstić information content (AvgIpc) is 2.69. The van der Waals surface area contributed by atoms with Crippen molar-refractivity contribution >= 4 is 9.84 Å². The number of hydrogen-bond donors (Lipinski definition) is 1. The van der Waals surface area contributed by atoms with Crippen LogP contribution in [0.2, 0.25) is 0 Å². The summed E-state index contributed by atoms with van der Waals surface area (Å²) in [4.78, 5) is 3.88. The Balaban J connectivity index is 2.37. The molecule has 1 atom stereocenters. The third-order valence-corrected chi connectivity index (χ3v) is 4.63. The van der Waals surface area contributed by atoms with Crippen molar-refractivity contribution in [2.24, 2.45) is 5.73 Å². The first-order valence-corrected chi connectivity index (χ1v) is 6.65. The smallest absolute Gasteiger partial charge is 0.154 e. The summed E-state index contributed by atoms with van der Waals surface area (Å²) >= 11 is 0. The highest BCUT2D eigenvalue weighted by Crippen LogP contribution is 2.03. The van der Waals surface area contributed by atoms with Crippen molar-refractivity contribution in [1.29, 1.82) is 0 Å². The van der Waals surface area contributed by atoms with E-state index in [0.717, 1.165) is 0 Å². The molecule has 0 aliphatic rings. The van der Waals surface area contributed by atoms with Gasteiger partial charge in [-0.05, 0) is 13.3 Å². The molecule has 0 saturated heterocycles. The number of imidazole rings is 1. The van der Waals surface area contributed by atoms with Crippen LogP contribution >= 0.6 is 0 Å². The molecule has 86 valence electrons. The summed E-state index contributed by atoms with van der Waals surface area (Å²) in [5.41, 5.74) is 5.33. The van der Waals surface area contributed by atoms with Gasteiger partial charge in [-0.25, -0.2) is 13.4 Å². The second kappa shape index (κ2) is 5.27. The van der Waals surface area contributed by atoms with Gasteiger partial charge in [0.05, 0.1) is 17.3 Å². The van der Waals surface area contributed by atoms with Gasteiger partial charge in [0.15, 0.2) is 9.84 Å². The standard InChI is InChI=1S/C9H17N3O2S/c1-9(7-10)15(13,14)6-2-4-12-5-3-11-8-12/h3,5,8-9H,2,4,6-7,10H2,1H3. The third kappa shape index (κ3) is 3.64. The fourth-order valence-corrected chi connectivity index (χ4v) is 2.44. The van der Waals surface area contributed by atoms with E-state index in [0.29, 0.717) is 13.0 Å². The first-order valence-electron chi connectivity index (χ1n) is 4.93. The van der Waals surface area contributed by atoms with E-state index in [4.69, 9.17) is 5.73 Å². The van der Waals surface area contributed by atoms with Crippen LogP contribution in [0, 0.1) is 0 Å². The molecule has 15 heavy (non-hydrogen) atoms. The maximum absolute atomic E-state index is 11.6. The van der Waals surface area contributed by atoms with Crippen LogP contribution in [-0.4, -0.2) is 35.5 Å². The summed E-state index contributed by atoms with van der Waals surface area (Å²) in [6, 6.07) is 0. The first kappa shape index (κ1) is 12.2. The van der Waals surface area contributed by atoms with Crippen LogP contribution in [-0.2, 0) is 16.4 Å². The third-order valence-electron chi connectivity index (χ3n) is 2.35. The zero-order chi connectivity index (χ0) is 11.3. The van der Waals surface area contributed by atoms with E-state index < -0.39 is 15.1 Å². The highest BCUT2D eigenvalue weighted by atomic mass is 32.2. The number of hydrogen-bond acceptors (Lipinski definition) is 4. The summed E-state index contributed by atoms with van der Waals surface area (Å²) in [5.74, 6) is 0.184. The fraction of sp³-hybridized carbons (Fsp3) is 0.667. The number of sulfone groups is 1. The van der Waals surface area contributed by atoms with Gasteiger partial charge in [-0.1, -0.05) is 0 Å². The normalized spacial score (nSPS) is 14.0. The Morgan fingerprint density at radius 2 is 2.27 bits per heavy atom. The maximum atomic E-state index is 11.6. The molecule has 0 aromatic carbocycles. The monoisotopic (exact) mass is 231 g/mol. The Hall–Kier alpha value is -0.880. The number of rotatable bonds is 6. The number of aryl methyl sites for hydroxylation is 1. The minimum Gasteiger partial charge on any atom is -0.337 e. The van der Waals surface area contributed by atoms with Crippen molar-refractivity contribution < 1.29 is 8.42 Å². The molecule has 0 saturated carbocycles. The molecule has 1 aromatic rings. The largest absolute Gasteiger partial charge is 0.337 e. The van der Waals surface area contributed by atoms with E-state index >= 15 is 0 Å². The van der Waals surface area contributed by atoms with Crippen LogP contribution in [0.25, 0.3) is 0 Å². The Morgan fingerprint density at radius 3 is 2.80 bits per heavy atom. The van der Waals surface area contributed by atoms with Gasteiger partial charge in [-0.2, -0.15) is 0 Å². The van der Waals surface area contributed by atoms with E-state index in [2.05, 4.69) is 4.98 Å². The average molecular weight is 231 g/mol. The van der Waals surface area contributed by atoms with Crippen molar-refractivity contribution in [2.75, 3.05) is 12.3 Å². The van der Waals surface area contributed by atoms with Gasteiger partial charge in [0.2, 0.25) is 0 Å². The van der Waals surface area contributed by atoms with Crippen molar-refractivity contribution in [2.45, 2.75) is 25.1 Å². The zero-order valence-corrected chi connectivity index (χ0v) is 9.65. The molecule has 0 amide bonds. The molecule has 0 aliphatic heterocycles. The number of nitrogens with zero attached hydrogens (tertiary/aromatic N) is 2. The number of aromatic nitrogens is 2. The highest BCUT2D eigenvalue weighted by molar-refractivity contribution is 7.92. The molecule has 0 aliphatic carbocycles. The van der Waals surface area contributed by atoms with Crippen LogP contribution < -0.4 is 5.73 Å².